The molecule has 0 bridgehead atoms. The molecule has 0 aromatic carbocycles. The Kier molecular flexibility index (Phi) is 5.79. The van der Waals surface area contributed by atoms with E-state index in [1.54, 1.807) is 11.9 Å². The van der Waals surface area contributed by atoms with E-state index >= 15 is 0 Å². The first kappa shape index (κ1) is 16.3. The molecule has 3 N–H and O–H groups in total. The number of nitrogens with two attached hydrogens (primary N) is 1. The maximum atomic E-state index is 12.6. The molecule has 0 unspecified atom stereocenters. The number of alkyl carbamates (subject to hydrolysis) is 1. The number of carbonyl (C=O) groups is 2. The maximum absolute atomic E-state index is 12.6. The molecule has 1 heterocycles. The minimum Gasteiger partial charge on any atom is -0.453 e. The summed E-state index contributed by atoms with van der Waals surface area (Å²) < 4.78 is 4.57. The van der Waals surface area contributed by atoms with Crippen LogP contribution in [-0.4, -0.2) is 55.5 Å². The summed E-state index contributed by atoms with van der Waals surface area (Å²) in [6.45, 7) is 4.38. The summed E-state index contributed by atoms with van der Waals surface area (Å²) in [6.07, 6.45) is 1.08. The summed E-state index contributed by atoms with van der Waals surface area (Å²) in [5, 5.41) is 2.59. The number of hydrogen-bond donors (Lipinski definition) is 2. The predicted molar refractivity (Wildman–Crippen MR) is 76.4 cm³/mol. The fourth-order valence-electron chi connectivity index (χ4n) is 2.37. The molecule has 2 atom stereocenters. The first-order valence-electron chi connectivity index (χ1n) is 6.79. The minimum atomic E-state index is -0.618. The summed E-state index contributed by atoms with van der Waals surface area (Å²) >= 11 is 0. The molecule has 0 aromatic heterocycles. The first-order valence-corrected chi connectivity index (χ1v) is 6.79. The van der Waals surface area contributed by atoms with Gasteiger partial charge in [-0.15, -0.1) is 0 Å². The van der Waals surface area contributed by atoms with E-state index in [0.29, 0.717) is 12.4 Å². The third-order valence-corrected chi connectivity index (χ3v) is 3.53. The van der Waals surface area contributed by atoms with Crippen molar-refractivity contribution in [2.75, 3.05) is 20.7 Å². The van der Waals surface area contributed by atoms with Gasteiger partial charge in [-0.2, -0.15) is 0 Å². The van der Waals surface area contributed by atoms with Gasteiger partial charge in [0.05, 0.1) is 13.2 Å². The second-order valence-electron chi connectivity index (χ2n) is 5.20. The van der Waals surface area contributed by atoms with Crippen LogP contribution >= 0.6 is 0 Å². The van der Waals surface area contributed by atoms with Crippen LogP contribution < -0.4 is 11.1 Å². The van der Waals surface area contributed by atoms with Crippen LogP contribution in [0.5, 0.6) is 0 Å². The second-order valence-corrected chi connectivity index (χ2v) is 5.20. The van der Waals surface area contributed by atoms with Crippen LogP contribution in [0, 0.1) is 5.92 Å². The monoisotopic (exact) mass is 284 g/mol. The van der Waals surface area contributed by atoms with E-state index in [2.05, 4.69) is 15.0 Å². The van der Waals surface area contributed by atoms with Gasteiger partial charge in [-0.1, -0.05) is 13.8 Å². The Balaban J connectivity index is 2.86. The highest BCUT2D eigenvalue weighted by Crippen LogP contribution is 2.20. The van der Waals surface area contributed by atoms with E-state index in [0.717, 1.165) is 12.8 Å². The highest BCUT2D eigenvalue weighted by Gasteiger charge is 2.36. The van der Waals surface area contributed by atoms with Gasteiger partial charge in [-0.05, 0) is 18.8 Å². The van der Waals surface area contributed by atoms with E-state index < -0.39 is 12.1 Å². The zero-order valence-electron chi connectivity index (χ0n) is 12.5. The molecule has 0 radical (unpaired) electrons. The fraction of sp³-hybridized carbons (Fsp3) is 0.769. The third-order valence-electron chi connectivity index (χ3n) is 3.53. The van der Waals surface area contributed by atoms with E-state index in [-0.39, 0.29) is 17.9 Å². The van der Waals surface area contributed by atoms with Gasteiger partial charge in [0.25, 0.3) is 0 Å². The van der Waals surface area contributed by atoms with Crippen molar-refractivity contribution in [1.29, 1.82) is 0 Å². The molecule has 2 amide bonds. The van der Waals surface area contributed by atoms with Crippen molar-refractivity contribution in [1.82, 2.24) is 10.2 Å². The van der Waals surface area contributed by atoms with Crippen LogP contribution in [0.1, 0.15) is 26.7 Å². The van der Waals surface area contributed by atoms with Crippen LogP contribution in [0.25, 0.3) is 0 Å². The van der Waals surface area contributed by atoms with Crippen LogP contribution in [-0.2, 0) is 9.53 Å². The van der Waals surface area contributed by atoms with Crippen molar-refractivity contribution in [3.63, 3.8) is 0 Å². The molecule has 1 aliphatic rings. The van der Waals surface area contributed by atoms with Crippen molar-refractivity contribution in [3.8, 4) is 0 Å². The molecule has 1 fully saturated rings. The average Bonchev–Trinajstić information content (AvgIpc) is 2.91. The lowest BCUT2D eigenvalue weighted by atomic mass is 10.0. The van der Waals surface area contributed by atoms with Gasteiger partial charge in [0.2, 0.25) is 5.91 Å². The molecule has 1 aliphatic heterocycles. The second kappa shape index (κ2) is 7.12. The zero-order valence-corrected chi connectivity index (χ0v) is 12.5. The number of amides is 2. The topological polar surface area (TPSA) is 97.0 Å². The maximum Gasteiger partial charge on any atom is 0.407 e. The predicted octanol–water partition coefficient (Wildman–Crippen LogP) is 0.345. The van der Waals surface area contributed by atoms with Gasteiger partial charge >= 0.3 is 6.09 Å². The summed E-state index contributed by atoms with van der Waals surface area (Å²) in [6, 6.07) is -0.791. The van der Waals surface area contributed by atoms with E-state index in [1.807, 2.05) is 13.8 Å². The summed E-state index contributed by atoms with van der Waals surface area (Å²) in [5.41, 5.74) is 5.85. The van der Waals surface area contributed by atoms with Gasteiger partial charge in [-0.3, -0.25) is 9.79 Å². The fourth-order valence-corrected chi connectivity index (χ4v) is 2.37. The zero-order chi connectivity index (χ0) is 15.3. The lowest BCUT2D eigenvalue weighted by Gasteiger charge is -2.30. The number of hydrogen-bond acceptors (Lipinski definition) is 4. The van der Waals surface area contributed by atoms with Crippen molar-refractivity contribution in [2.24, 2.45) is 16.6 Å². The summed E-state index contributed by atoms with van der Waals surface area (Å²) in [7, 11) is 2.89. The quantitative estimate of drug-likeness (QED) is 0.575. The number of nitrogens with one attached hydrogen (secondary N) is 1. The largest absolute Gasteiger partial charge is 0.453 e. The van der Waals surface area contributed by atoms with Gasteiger partial charge in [0, 0.05) is 13.6 Å². The third kappa shape index (κ3) is 3.61. The van der Waals surface area contributed by atoms with E-state index in [4.69, 9.17) is 5.73 Å². The van der Waals surface area contributed by atoms with E-state index in [1.165, 1.54) is 7.11 Å². The number of aliphatic imine (C=N–C) groups is 1. The lowest BCUT2D eigenvalue weighted by molar-refractivity contribution is -0.134. The Morgan fingerprint density at radius 3 is 2.60 bits per heavy atom. The first-order chi connectivity index (χ1) is 9.42. The molecule has 7 heteroatoms. The van der Waals surface area contributed by atoms with Crippen LogP contribution in [0.15, 0.2) is 4.99 Å². The van der Waals surface area contributed by atoms with Crippen LogP contribution in [0.2, 0.25) is 0 Å². The van der Waals surface area contributed by atoms with Crippen molar-refractivity contribution in [3.05, 3.63) is 0 Å². The van der Waals surface area contributed by atoms with Crippen LogP contribution in [0.4, 0.5) is 4.79 Å². The number of carbonyl (C=O) groups excluding carboxylic acids is 2. The number of ether oxygens (including phenoxy) is 1. The molecule has 20 heavy (non-hydrogen) atoms. The van der Waals surface area contributed by atoms with Crippen molar-refractivity contribution in [2.45, 2.75) is 38.8 Å². The van der Waals surface area contributed by atoms with Gasteiger partial charge in [-0.25, -0.2) is 4.79 Å². The highest BCUT2D eigenvalue weighted by atomic mass is 16.5. The molecule has 1 rings (SSSR count). The number of methoxy groups -OCH3 is 1. The Bertz CT molecular complexity index is 395. The SMILES string of the molecule is CN=C(N)[C@@H]1CCCN1C(=O)[C@@H](NC(=O)OC)C(C)C. The standard InChI is InChI=1S/C13H24N4O3/c1-8(2)10(16-13(19)20-4)12(18)17-7-5-6-9(17)11(14)15-3/h8-10H,5-7H2,1-4H3,(H2,14,15)(H,16,19)/t9-,10-/m0/s1. The lowest BCUT2D eigenvalue weighted by Crippen LogP contribution is -2.54. The molecule has 0 saturated carbocycles. The number of nitrogens with zero attached hydrogens (tertiary/aromatic N) is 2. The summed E-state index contributed by atoms with van der Waals surface area (Å²) in [4.78, 5) is 29.6. The summed E-state index contributed by atoms with van der Waals surface area (Å²) in [5.74, 6) is 0.276. The Labute approximate surface area is 119 Å². The molecule has 0 spiro atoms. The van der Waals surface area contributed by atoms with Gasteiger partial charge < -0.3 is 20.7 Å². The molecule has 7 nitrogen and oxygen atoms in total. The molecule has 1 saturated heterocycles. The molecular formula is C13H24N4O3. The molecular weight excluding hydrogens is 260 g/mol. The molecule has 0 aromatic rings. The highest BCUT2D eigenvalue weighted by molar-refractivity contribution is 5.93. The molecule has 0 aliphatic carbocycles. The van der Waals surface area contributed by atoms with Crippen molar-refractivity contribution < 1.29 is 14.3 Å². The average molecular weight is 284 g/mol. The van der Waals surface area contributed by atoms with E-state index in [9.17, 15) is 9.59 Å². The van der Waals surface area contributed by atoms with Gasteiger partial charge in [0.1, 0.15) is 11.9 Å². The van der Waals surface area contributed by atoms with Crippen LogP contribution in [0.3, 0.4) is 0 Å². The number of rotatable bonds is 4. The Morgan fingerprint density at radius 2 is 2.10 bits per heavy atom. The smallest absolute Gasteiger partial charge is 0.407 e. The number of likely N-dealkylation sites (tertiary alicyclic amines) is 1. The van der Waals surface area contributed by atoms with Gasteiger partial charge in [0.15, 0.2) is 0 Å². The van der Waals surface area contributed by atoms with Crippen molar-refractivity contribution >= 4 is 17.8 Å². The minimum absolute atomic E-state index is 0.0392. The normalized spacial score (nSPS) is 20.9. The Hall–Kier alpha value is -1.79. The number of amidine groups is 1. The molecule has 114 valence electrons. The Morgan fingerprint density at radius 1 is 1.45 bits per heavy atom.